The number of methoxy groups -OCH3 is 2. The Balaban J connectivity index is 1.60. The van der Waals surface area contributed by atoms with Crippen LogP contribution in [0.2, 0.25) is 0 Å². The summed E-state index contributed by atoms with van der Waals surface area (Å²) < 4.78 is 11.0. The molecule has 0 saturated carbocycles. The van der Waals surface area contributed by atoms with Crippen LogP contribution in [0, 0.1) is 0 Å². The Bertz CT molecular complexity index is 965. The molecule has 2 aromatic carbocycles. The number of nitrogens with one attached hydrogen (secondary N) is 1. The van der Waals surface area contributed by atoms with E-state index in [-0.39, 0.29) is 24.6 Å². The van der Waals surface area contributed by atoms with Crippen molar-refractivity contribution in [1.82, 2.24) is 15.1 Å². The van der Waals surface area contributed by atoms with Crippen molar-refractivity contribution in [2.75, 3.05) is 27.4 Å². The molecule has 164 valence electrons. The lowest BCUT2D eigenvalue weighted by Crippen LogP contribution is -2.45. The van der Waals surface area contributed by atoms with E-state index in [1.165, 1.54) is 4.90 Å². The second kappa shape index (κ2) is 8.59. The number of imide groups is 1. The second-order valence-electron chi connectivity index (χ2n) is 8.01. The third-order valence-corrected chi connectivity index (χ3v) is 6.46. The number of carbonyl (C=O) groups excluding carboxylic acids is 2. The molecule has 3 amide bonds. The molecule has 2 fully saturated rings. The van der Waals surface area contributed by atoms with Crippen molar-refractivity contribution >= 4 is 11.9 Å². The second-order valence-corrected chi connectivity index (χ2v) is 8.01. The van der Waals surface area contributed by atoms with E-state index in [0.29, 0.717) is 6.42 Å². The molecular formula is C24H29N3O4. The molecule has 0 radical (unpaired) electrons. The molecule has 0 unspecified atom stereocenters. The van der Waals surface area contributed by atoms with E-state index in [9.17, 15) is 9.59 Å². The highest BCUT2D eigenvalue weighted by Crippen LogP contribution is 2.40. The summed E-state index contributed by atoms with van der Waals surface area (Å²) in [6.07, 6.45) is 2.39. The Hall–Kier alpha value is -3.06. The number of nitrogens with zero attached hydrogens (tertiary/aromatic N) is 2. The molecule has 0 aliphatic carbocycles. The molecule has 2 aromatic rings. The molecule has 2 atom stereocenters. The van der Waals surface area contributed by atoms with Crippen LogP contribution < -0.4 is 14.8 Å². The minimum Gasteiger partial charge on any atom is -0.497 e. The number of ether oxygens (including phenoxy) is 2. The zero-order valence-electron chi connectivity index (χ0n) is 18.3. The van der Waals surface area contributed by atoms with Gasteiger partial charge >= 0.3 is 6.03 Å². The fraction of sp³-hybridized carbons (Fsp3) is 0.417. The topological polar surface area (TPSA) is 71.1 Å². The molecule has 0 aromatic heterocycles. The molecule has 0 bridgehead atoms. The minimum atomic E-state index is -1.01. The van der Waals surface area contributed by atoms with Gasteiger partial charge in [-0.15, -0.1) is 0 Å². The van der Waals surface area contributed by atoms with Crippen molar-refractivity contribution in [1.29, 1.82) is 0 Å². The predicted molar refractivity (Wildman–Crippen MR) is 117 cm³/mol. The maximum atomic E-state index is 13.5. The van der Waals surface area contributed by atoms with Gasteiger partial charge in [-0.25, -0.2) is 9.69 Å². The van der Waals surface area contributed by atoms with E-state index in [1.54, 1.807) is 14.2 Å². The standard InChI is InChI=1S/C24H29N3O4/c1-4-24(17-9-6-5-7-10-17)22(28)27(23(29)25-24)16-26-14-8-11-20(26)19-15-18(30-2)12-13-21(19)31-3/h5-7,9-10,12-13,15,20H,4,8,11,14,16H2,1-3H3,(H,25,29)/t20-,24-/m1/s1. The number of carbonyl (C=O) groups is 2. The highest BCUT2D eigenvalue weighted by Gasteiger charge is 2.52. The van der Waals surface area contributed by atoms with Gasteiger partial charge in [0.1, 0.15) is 17.0 Å². The lowest BCUT2D eigenvalue weighted by molar-refractivity contribution is -0.133. The summed E-state index contributed by atoms with van der Waals surface area (Å²) >= 11 is 0. The van der Waals surface area contributed by atoms with Crippen molar-refractivity contribution in [3.8, 4) is 11.5 Å². The van der Waals surface area contributed by atoms with Gasteiger partial charge in [-0.3, -0.25) is 9.69 Å². The predicted octanol–water partition coefficient (Wildman–Crippen LogP) is 3.66. The van der Waals surface area contributed by atoms with Crippen LogP contribution in [0.4, 0.5) is 4.79 Å². The lowest BCUT2D eigenvalue weighted by Gasteiger charge is -2.30. The Morgan fingerprint density at radius 1 is 1.10 bits per heavy atom. The van der Waals surface area contributed by atoms with Gasteiger partial charge in [-0.05, 0) is 43.0 Å². The Kier molecular flexibility index (Phi) is 5.87. The summed E-state index contributed by atoms with van der Waals surface area (Å²) in [7, 11) is 3.29. The number of hydrogen-bond donors (Lipinski definition) is 1. The van der Waals surface area contributed by atoms with Crippen molar-refractivity contribution < 1.29 is 19.1 Å². The van der Waals surface area contributed by atoms with Crippen LogP contribution in [-0.4, -0.2) is 49.2 Å². The van der Waals surface area contributed by atoms with Gasteiger partial charge in [-0.1, -0.05) is 37.3 Å². The largest absolute Gasteiger partial charge is 0.497 e. The van der Waals surface area contributed by atoms with Gasteiger partial charge in [0, 0.05) is 18.2 Å². The zero-order valence-corrected chi connectivity index (χ0v) is 18.3. The number of rotatable bonds is 7. The monoisotopic (exact) mass is 423 g/mol. The van der Waals surface area contributed by atoms with Crippen LogP contribution in [0.3, 0.4) is 0 Å². The van der Waals surface area contributed by atoms with E-state index >= 15 is 0 Å². The van der Waals surface area contributed by atoms with Crippen molar-refractivity contribution in [2.24, 2.45) is 0 Å². The minimum absolute atomic E-state index is 0.0407. The normalized spacial score (nSPS) is 23.8. The van der Waals surface area contributed by atoms with Crippen LogP contribution in [0.1, 0.15) is 43.4 Å². The zero-order chi connectivity index (χ0) is 22.0. The molecule has 7 heteroatoms. The van der Waals surface area contributed by atoms with E-state index in [1.807, 2.05) is 55.5 Å². The average Bonchev–Trinajstić information content (AvgIpc) is 3.37. The first-order valence-corrected chi connectivity index (χ1v) is 10.7. The third kappa shape index (κ3) is 3.63. The number of amides is 3. The van der Waals surface area contributed by atoms with Crippen LogP contribution in [0.15, 0.2) is 48.5 Å². The highest BCUT2D eigenvalue weighted by atomic mass is 16.5. The van der Waals surface area contributed by atoms with Gasteiger partial charge in [0.05, 0.1) is 20.9 Å². The average molecular weight is 424 g/mol. The van der Waals surface area contributed by atoms with Crippen LogP contribution >= 0.6 is 0 Å². The van der Waals surface area contributed by atoms with E-state index in [4.69, 9.17) is 9.47 Å². The van der Waals surface area contributed by atoms with Crippen molar-refractivity contribution in [2.45, 2.75) is 37.8 Å². The summed E-state index contributed by atoms with van der Waals surface area (Å²) in [6, 6.07) is 14.9. The number of likely N-dealkylation sites (tertiary alicyclic amines) is 1. The summed E-state index contributed by atoms with van der Waals surface area (Å²) in [5.74, 6) is 1.34. The molecule has 2 saturated heterocycles. The number of benzene rings is 2. The van der Waals surface area contributed by atoms with Crippen LogP contribution in [-0.2, 0) is 10.3 Å². The number of hydrogen-bond acceptors (Lipinski definition) is 5. The van der Waals surface area contributed by atoms with Gasteiger partial charge in [-0.2, -0.15) is 0 Å². The highest BCUT2D eigenvalue weighted by molar-refractivity contribution is 6.07. The van der Waals surface area contributed by atoms with E-state index in [2.05, 4.69) is 10.2 Å². The molecule has 4 rings (SSSR count). The summed E-state index contributed by atoms with van der Waals surface area (Å²) in [5, 5.41) is 2.97. The van der Waals surface area contributed by atoms with Gasteiger partial charge in [0.2, 0.25) is 0 Å². The van der Waals surface area contributed by atoms with E-state index < -0.39 is 5.54 Å². The fourth-order valence-corrected chi connectivity index (χ4v) is 4.75. The summed E-state index contributed by atoms with van der Waals surface area (Å²) in [6.45, 7) is 2.96. The molecule has 0 spiro atoms. The van der Waals surface area contributed by atoms with Crippen LogP contribution in [0.5, 0.6) is 11.5 Å². The van der Waals surface area contributed by atoms with Gasteiger partial charge in [0.15, 0.2) is 0 Å². The third-order valence-electron chi connectivity index (χ3n) is 6.46. The molecule has 2 aliphatic heterocycles. The fourth-order valence-electron chi connectivity index (χ4n) is 4.75. The lowest BCUT2D eigenvalue weighted by atomic mass is 9.87. The Morgan fingerprint density at radius 2 is 1.87 bits per heavy atom. The molecule has 31 heavy (non-hydrogen) atoms. The smallest absolute Gasteiger partial charge is 0.326 e. The molecular weight excluding hydrogens is 394 g/mol. The van der Waals surface area contributed by atoms with Crippen LogP contribution in [0.25, 0.3) is 0 Å². The van der Waals surface area contributed by atoms with Gasteiger partial charge in [0.25, 0.3) is 5.91 Å². The van der Waals surface area contributed by atoms with E-state index in [0.717, 1.165) is 42.0 Å². The first-order valence-electron chi connectivity index (χ1n) is 10.7. The summed E-state index contributed by atoms with van der Waals surface area (Å²) in [4.78, 5) is 29.9. The quantitative estimate of drug-likeness (QED) is 0.689. The molecule has 1 N–H and O–H groups in total. The molecule has 2 aliphatic rings. The Labute approximate surface area is 182 Å². The first-order chi connectivity index (χ1) is 15.0. The Morgan fingerprint density at radius 3 is 2.55 bits per heavy atom. The van der Waals surface area contributed by atoms with Crippen molar-refractivity contribution in [3.05, 3.63) is 59.7 Å². The van der Waals surface area contributed by atoms with Crippen molar-refractivity contribution in [3.63, 3.8) is 0 Å². The molecule has 2 heterocycles. The first kappa shape index (κ1) is 21.2. The summed E-state index contributed by atoms with van der Waals surface area (Å²) in [5.41, 5.74) is 0.809. The maximum absolute atomic E-state index is 13.5. The SMILES string of the molecule is CC[C@]1(c2ccccc2)NC(=O)N(CN2CCC[C@@H]2c2cc(OC)ccc2OC)C1=O. The maximum Gasteiger partial charge on any atom is 0.326 e. The van der Waals surface area contributed by atoms with Gasteiger partial charge < -0.3 is 14.8 Å². The molecule has 7 nitrogen and oxygen atoms in total. The number of urea groups is 1.